The Kier molecular flexibility index (Phi) is 5.13. The van der Waals surface area contributed by atoms with Crippen LogP contribution in [-0.4, -0.2) is 17.4 Å². The van der Waals surface area contributed by atoms with Crippen molar-refractivity contribution < 1.29 is 8.42 Å². The first-order valence-electron chi connectivity index (χ1n) is 8.09. The highest BCUT2D eigenvalue weighted by Gasteiger charge is 2.21. The minimum Gasteiger partial charge on any atom is -0.234 e. The quantitative estimate of drug-likeness (QED) is 0.686. The number of aryl methyl sites for hydroxylation is 4. The van der Waals surface area contributed by atoms with E-state index in [0.29, 0.717) is 5.65 Å². The normalized spacial score (nSPS) is 11.2. The van der Waals surface area contributed by atoms with E-state index >= 15 is 0 Å². The molecule has 0 amide bonds. The third-order valence-electron chi connectivity index (χ3n) is 3.97. The Morgan fingerprint density at radius 2 is 1.50 bits per heavy atom. The summed E-state index contributed by atoms with van der Waals surface area (Å²) in [6.45, 7) is 11.7. The molecule has 2 heterocycles. The first kappa shape index (κ1) is 18.2. The Morgan fingerprint density at radius 1 is 0.917 bits per heavy atom. The lowest BCUT2D eigenvalue weighted by atomic mass is 10.1. The predicted octanol–water partition coefficient (Wildman–Crippen LogP) is 4.53. The molecule has 3 rings (SSSR count). The summed E-state index contributed by atoms with van der Waals surface area (Å²) in [6.07, 6.45) is 1.64. The second kappa shape index (κ2) is 6.77. The molecule has 0 saturated heterocycles. The van der Waals surface area contributed by atoms with Crippen molar-refractivity contribution in [2.75, 3.05) is 0 Å². The van der Waals surface area contributed by atoms with Crippen molar-refractivity contribution in [3.05, 3.63) is 58.9 Å². The van der Waals surface area contributed by atoms with E-state index in [4.69, 9.17) is 0 Å². The van der Waals surface area contributed by atoms with Crippen LogP contribution in [0.5, 0.6) is 0 Å². The molecule has 0 aliphatic carbocycles. The summed E-state index contributed by atoms with van der Waals surface area (Å²) in [5.74, 6) is 0. The molecule has 0 bridgehead atoms. The molecule has 0 unspecified atom stereocenters. The van der Waals surface area contributed by atoms with Gasteiger partial charge >= 0.3 is 0 Å². The van der Waals surface area contributed by atoms with Crippen LogP contribution < -0.4 is 0 Å². The van der Waals surface area contributed by atoms with Gasteiger partial charge in [-0.2, -0.15) is 0 Å². The predicted molar refractivity (Wildman–Crippen MR) is 99.1 cm³/mol. The second-order valence-corrected chi connectivity index (χ2v) is 7.50. The standard InChI is InChI=1S/C17H18N2O2S.C2H6/c1-11-5-7-15(8-6-11)22(20,21)19-10-13(3)16-9-12(2)14(4)18-17(16)19;1-2/h5-10H,1-4H3;1-2H3. The van der Waals surface area contributed by atoms with E-state index in [0.717, 1.165) is 27.8 Å². The van der Waals surface area contributed by atoms with Gasteiger partial charge in [-0.15, -0.1) is 0 Å². The van der Waals surface area contributed by atoms with E-state index in [1.165, 1.54) is 3.97 Å². The average Bonchev–Trinajstić information content (AvgIpc) is 2.87. The molecule has 5 heteroatoms. The summed E-state index contributed by atoms with van der Waals surface area (Å²) in [5, 5.41) is 0.874. The lowest BCUT2D eigenvalue weighted by Gasteiger charge is -2.08. The Bertz CT molecular complexity index is 969. The molecule has 0 aliphatic heterocycles. The van der Waals surface area contributed by atoms with Gasteiger partial charge in [0.25, 0.3) is 10.0 Å². The zero-order valence-electron chi connectivity index (χ0n) is 15.1. The Morgan fingerprint density at radius 3 is 2.08 bits per heavy atom. The number of hydrogen-bond donors (Lipinski definition) is 0. The smallest absolute Gasteiger partial charge is 0.234 e. The highest BCUT2D eigenvalue weighted by atomic mass is 32.2. The fourth-order valence-corrected chi connectivity index (χ4v) is 3.84. The van der Waals surface area contributed by atoms with Gasteiger partial charge in [0.05, 0.1) is 4.90 Å². The van der Waals surface area contributed by atoms with Crippen molar-refractivity contribution >= 4 is 21.1 Å². The van der Waals surface area contributed by atoms with Crippen LogP contribution in [0.15, 0.2) is 41.4 Å². The van der Waals surface area contributed by atoms with E-state index in [9.17, 15) is 8.42 Å². The molecule has 1 aromatic carbocycles. The van der Waals surface area contributed by atoms with Crippen molar-refractivity contribution in [3.63, 3.8) is 0 Å². The van der Waals surface area contributed by atoms with Gasteiger partial charge in [0.1, 0.15) is 0 Å². The third-order valence-corrected chi connectivity index (χ3v) is 5.63. The van der Waals surface area contributed by atoms with E-state index in [2.05, 4.69) is 4.98 Å². The van der Waals surface area contributed by atoms with Crippen LogP contribution in [0.3, 0.4) is 0 Å². The molecular weight excluding hydrogens is 320 g/mol. The fourth-order valence-electron chi connectivity index (χ4n) is 2.46. The van der Waals surface area contributed by atoms with Gasteiger partial charge in [0.2, 0.25) is 0 Å². The van der Waals surface area contributed by atoms with Crippen LogP contribution in [0.4, 0.5) is 0 Å². The Hall–Kier alpha value is -2.14. The third kappa shape index (κ3) is 3.08. The van der Waals surface area contributed by atoms with Crippen molar-refractivity contribution in [1.82, 2.24) is 8.96 Å². The lowest BCUT2D eigenvalue weighted by Crippen LogP contribution is -2.12. The number of aromatic nitrogens is 2. The summed E-state index contributed by atoms with van der Waals surface area (Å²) in [6, 6.07) is 8.86. The van der Waals surface area contributed by atoms with Gasteiger partial charge in [-0.25, -0.2) is 17.4 Å². The van der Waals surface area contributed by atoms with E-state index in [-0.39, 0.29) is 4.90 Å². The summed E-state index contributed by atoms with van der Waals surface area (Å²) in [4.78, 5) is 4.76. The number of nitrogens with zero attached hydrogens (tertiary/aromatic N) is 2. The maximum atomic E-state index is 12.9. The summed E-state index contributed by atoms with van der Waals surface area (Å²) in [5.41, 5.74) is 4.31. The molecule has 0 spiro atoms. The molecule has 2 aromatic heterocycles. The highest BCUT2D eigenvalue weighted by Crippen LogP contribution is 2.26. The van der Waals surface area contributed by atoms with Gasteiger partial charge in [-0.3, -0.25) is 0 Å². The van der Waals surface area contributed by atoms with Crippen molar-refractivity contribution in [2.45, 2.75) is 46.4 Å². The summed E-state index contributed by atoms with van der Waals surface area (Å²) >= 11 is 0. The molecule has 0 saturated carbocycles. The molecule has 0 aliphatic rings. The van der Waals surface area contributed by atoms with Gasteiger partial charge in [0.15, 0.2) is 5.65 Å². The second-order valence-electron chi connectivity index (χ2n) is 5.69. The molecule has 0 radical (unpaired) electrons. The van der Waals surface area contributed by atoms with Crippen LogP contribution in [0, 0.1) is 27.7 Å². The Labute approximate surface area is 144 Å². The van der Waals surface area contributed by atoms with Crippen LogP contribution in [0.1, 0.15) is 36.2 Å². The maximum Gasteiger partial charge on any atom is 0.269 e. The fraction of sp³-hybridized carbons (Fsp3) is 0.316. The maximum absolute atomic E-state index is 12.9. The van der Waals surface area contributed by atoms with E-state index in [1.807, 2.05) is 47.6 Å². The first-order chi connectivity index (χ1) is 11.3. The average molecular weight is 344 g/mol. The van der Waals surface area contributed by atoms with Crippen LogP contribution in [-0.2, 0) is 10.0 Å². The number of benzene rings is 1. The van der Waals surface area contributed by atoms with Crippen molar-refractivity contribution in [3.8, 4) is 0 Å². The largest absolute Gasteiger partial charge is 0.269 e. The van der Waals surface area contributed by atoms with E-state index < -0.39 is 10.0 Å². The SMILES string of the molecule is CC.Cc1ccc(S(=O)(=O)n2cc(C)c3cc(C)c(C)nc32)cc1. The zero-order valence-corrected chi connectivity index (χ0v) is 15.9. The van der Waals surface area contributed by atoms with Gasteiger partial charge in [-0.05, 0) is 57.0 Å². The monoisotopic (exact) mass is 344 g/mol. The minimum atomic E-state index is -3.64. The summed E-state index contributed by atoms with van der Waals surface area (Å²) in [7, 11) is -3.64. The van der Waals surface area contributed by atoms with Gasteiger partial charge in [-0.1, -0.05) is 31.5 Å². The first-order valence-corrected chi connectivity index (χ1v) is 9.53. The topological polar surface area (TPSA) is 52.0 Å². The summed E-state index contributed by atoms with van der Waals surface area (Å²) < 4.78 is 27.1. The molecule has 0 atom stereocenters. The van der Waals surface area contributed by atoms with Crippen LogP contribution >= 0.6 is 0 Å². The van der Waals surface area contributed by atoms with Crippen molar-refractivity contribution in [2.24, 2.45) is 0 Å². The number of fused-ring (bicyclic) bond motifs is 1. The molecule has 3 aromatic rings. The minimum absolute atomic E-state index is 0.273. The van der Waals surface area contributed by atoms with Crippen LogP contribution in [0.2, 0.25) is 0 Å². The van der Waals surface area contributed by atoms with Crippen molar-refractivity contribution in [1.29, 1.82) is 0 Å². The number of rotatable bonds is 2. The van der Waals surface area contributed by atoms with Gasteiger partial charge in [0, 0.05) is 17.3 Å². The molecule has 128 valence electrons. The van der Waals surface area contributed by atoms with Crippen LogP contribution in [0.25, 0.3) is 11.0 Å². The number of hydrogen-bond acceptors (Lipinski definition) is 3. The van der Waals surface area contributed by atoms with Gasteiger partial charge < -0.3 is 0 Å². The molecule has 0 fully saturated rings. The van der Waals surface area contributed by atoms with E-state index in [1.54, 1.807) is 30.5 Å². The number of pyridine rings is 1. The lowest BCUT2D eigenvalue weighted by molar-refractivity contribution is 0.588. The molecule has 0 N–H and O–H groups in total. The molecule has 24 heavy (non-hydrogen) atoms. The molecular formula is C19H24N2O2S. The zero-order chi connectivity index (χ0) is 18.1. The highest BCUT2D eigenvalue weighted by molar-refractivity contribution is 7.90. The Balaban J connectivity index is 0.00000100. The molecule has 4 nitrogen and oxygen atoms in total.